The summed E-state index contributed by atoms with van der Waals surface area (Å²) in [4.78, 5) is 0. The molecule has 5 rings (SSSR count). The van der Waals surface area contributed by atoms with Crippen LogP contribution in [-0.2, 0) is 26.4 Å². The predicted molar refractivity (Wildman–Crippen MR) is 114 cm³/mol. The van der Waals surface area contributed by atoms with Gasteiger partial charge in [0.05, 0.1) is 0 Å². The quantitative estimate of drug-likeness (QED) is 0.422. The molecular formula is C25H22Cl2SiZr. The molecule has 0 fully saturated rings. The summed E-state index contributed by atoms with van der Waals surface area (Å²) >= 11 is -1.79. The van der Waals surface area contributed by atoms with Crippen molar-refractivity contribution >= 4 is 18.3 Å². The summed E-state index contributed by atoms with van der Waals surface area (Å²) in [7, 11) is 0. The molecule has 2 unspecified atom stereocenters. The average Bonchev–Trinajstić information content (AvgIpc) is 3.34. The summed E-state index contributed by atoms with van der Waals surface area (Å²) in [6.45, 7) is 0. The third-order valence-corrected chi connectivity index (χ3v) is 22.1. The van der Waals surface area contributed by atoms with E-state index in [2.05, 4.69) is 103 Å². The van der Waals surface area contributed by atoms with Gasteiger partial charge in [-0.3, -0.25) is 0 Å². The number of halogens is 2. The molecule has 0 aliphatic heterocycles. The minimum Gasteiger partial charge on any atom is -1.00 e. The summed E-state index contributed by atoms with van der Waals surface area (Å²) in [5.74, 6) is 0. The molecule has 3 aromatic carbocycles. The van der Waals surface area contributed by atoms with Crippen LogP contribution in [0.3, 0.4) is 0 Å². The summed E-state index contributed by atoms with van der Waals surface area (Å²) in [6, 6.07) is 30.6. The van der Waals surface area contributed by atoms with Gasteiger partial charge in [0.2, 0.25) is 0 Å². The van der Waals surface area contributed by atoms with Crippen LogP contribution in [0.4, 0.5) is 0 Å². The van der Waals surface area contributed by atoms with Gasteiger partial charge < -0.3 is 24.8 Å². The fraction of sp³-hybridized carbons (Fsp3) is 0.120. The van der Waals surface area contributed by atoms with Crippen LogP contribution >= 0.6 is 0 Å². The molecule has 0 aromatic heterocycles. The van der Waals surface area contributed by atoms with E-state index in [0.717, 1.165) is 7.25 Å². The van der Waals surface area contributed by atoms with Gasteiger partial charge in [0.1, 0.15) is 0 Å². The Kier molecular flexibility index (Phi) is 7.93. The van der Waals surface area contributed by atoms with E-state index in [1.54, 1.807) is 11.1 Å². The molecule has 0 amide bonds. The Morgan fingerprint density at radius 2 is 1.10 bits per heavy atom. The summed E-state index contributed by atoms with van der Waals surface area (Å²) in [6.07, 6.45) is 10.3. The molecule has 0 nitrogen and oxygen atoms in total. The molecule has 0 heterocycles. The minimum absolute atomic E-state index is 0. The van der Waals surface area contributed by atoms with E-state index >= 15 is 0 Å². The Hall–Kier alpha value is -1.18. The number of allylic oxidation sites excluding steroid dienone is 2. The number of hydrogen-bond acceptors (Lipinski definition) is 0. The van der Waals surface area contributed by atoms with Crippen LogP contribution in [0.5, 0.6) is 0 Å². The number of rotatable bonds is 4. The minimum atomic E-state index is -1.79. The van der Waals surface area contributed by atoms with Gasteiger partial charge in [0.15, 0.2) is 0 Å². The molecule has 2 aliphatic carbocycles. The van der Waals surface area contributed by atoms with Gasteiger partial charge in [-0.2, -0.15) is 0 Å². The third kappa shape index (κ3) is 4.62. The van der Waals surface area contributed by atoms with Gasteiger partial charge in [-0.15, -0.1) is 0 Å². The molecule has 2 aliphatic rings. The first-order valence-corrected chi connectivity index (χ1v) is 18.2. The van der Waals surface area contributed by atoms with Crippen molar-refractivity contribution in [2.24, 2.45) is 0 Å². The normalized spacial score (nSPS) is 17.3. The summed E-state index contributed by atoms with van der Waals surface area (Å²) in [5, 5.41) is 0. The molecule has 144 valence electrons. The maximum absolute atomic E-state index is 2.55. The third-order valence-electron chi connectivity index (χ3n) is 5.73. The standard InChI is InChI=1S/2C9H7.C7H8Si.2ClH.Zr/c2*1-2-5-9-7-3-6-8(9)4-1;8-6-7-4-2-1-3-5-7;;;/h2*1-7H;1-5,8H,6H2;2*1H;/q;;;;;+2/p-2. The monoisotopic (exact) mass is 510 g/mol. The van der Waals surface area contributed by atoms with Crippen LogP contribution in [-0.4, -0.2) is 6.16 Å². The zero-order valence-corrected chi connectivity index (χ0v) is 21.1. The predicted octanol–water partition coefficient (Wildman–Crippen LogP) is -0.299. The Balaban J connectivity index is 0.00000120. The van der Waals surface area contributed by atoms with Gasteiger partial charge in [0.25, 0.3) is 0 Å². The Morgan fingerprint density at radius 3 is 1.66 bits per heavy atom. The molecule has 0 radical (unpaired) electrons. The van der Waals surface area contributed by atoms with Crippen molar-refractivity contribution in [2.45, 2.75) is 13.3 Å². The van der Waals surface area contributed by atoms with Crippen LogP contribution in [0.25, 0.3) is 12.2 Å². The number of fused-ring (bicyclic) bond motifs is 2. The van der Waals surface area contributed by atoms with E-state index in [1.165, 1.54) is 22.7 Å². The van der Waals surface area contributed by atoms with E-state index in [9.17, 15) is 0 Å². The second-order valence-electron chi connectivity index (χ2n) is 7.33. The second-order valence-corrected chi connectivity index (χ2v) is 20.6. The van der Waals surface area contributed by atoms with Crippen LogP contribution in [0.2, 0.25) is 0 Å². The fourth-order valence-corrected chi connectivity index (χ4v) is 21.9. The SMILES string of the molecule is C1=C[CH]([Zr+2](=[SiH]Cc2ccccc2)[CH]2C=Cc3ccccc32)c2ccccc21.[Cl-].[Cl-]. The van der Waals surface area contributed by atoms with Crippen molar-refractivity contribution in [3.63, 3.8) is 0 Å². The molecular weight excluding hydrogens is 490 g/mol. The van der Waals surface area contributed by atoms with Crippen molar-refractivity contribution in [3.05, 3.63) is 119 Å². The van der Waals surface area contributed by atoms with Gasteiger partial charge in [-0.05, 0) is 0 Å². The average molecular weight is 513 g/mol. The first-order valence-electron chi connectivity index (χ1n) is 9.68. The Labute approximate surface area is 194 Å². The van der Waals surface area contributed by atoms with Crippen LogP contribution in [0.15, 0.2) is 91.0 Å². The van der Waals surface area contributed by atoms with Crippen molar-refractivity contribution in [2.75, 3.05) is 0 Å². The molecule has 29 heavy (non-hydrogen) atoms. The van der Waals surface area contributed by atoms with Crippen LogP contribution < -0.4 is 24.8 Å². The van der Waals surface area contributed by atoms with Crippen molar-refractivity contribution in [1.82, 2.24) is 0 Å². The van der Waals surface area contributed by atoms with E-state index in [4.69, 9.17) is 0 Å². The topological polar surface area (TPSA) is 0 Å². The van der Waals surface area contributed by atoms with Crippen LogP contribution in [0, 0.1) is 0 Å². The second kappa shape index (κ2) is 10.2. The van der Waals surface area contributed by atoms with Crippen molar-refractivity contribution in [3.8, 4) is 0 Å². The van der Waals surface area contributed by atoms with Gasteiger partial charge in [0, 0.05) is 0 Å². The molecule has 4 heteroatoms. The first-order chi connectivity index (χ1) is 13.4. The summed E-state index contributed by atoms with van der Waals surface area (Å²) < 4.78 is 1.45. The molecule has 0 saturated heterocycles. The molecule has 0 N–H and O–H groups in total. The maximum atomic E-state index is 2.55. The van der Waals surface area contributed by atoms with Gasteiger partial charge in [-0.1, -0.05) is 0 Å². The number of benzene rings is 3. The zero-order chi connectivity index (χ0) is 18.1. The molecule has 3 aromatic rings. The van der Waals surface area contributed by atoms with Crippen molar-refractivity contribution < 1.29 is 45.2 Å². The van der Waals surface area contributed by atoms with E-state index in [0.29, 0.717) is 6.16 Å². The zero-order valence-electron chi connectivity index (χ0n) is 16.0. The largest absolute Gasteiger partial charge is 1.00 e. The Morgan fingerprint density at radius 1 is 0.621 bits per heavy atom. The maximum Gasteiger partial charge on any atom is -1.00 e. The van der Waals surface area contributed by atoms with Gasteiger partial charge >= 0.3 is 171 Å². The Bertz CT molecular complexity index is 1010. The summed E-state index contributed by atoms with van der Waals surface area (Å²) in [5.41, 5.74) is 7.64. The molecule has 0 bridgehead atoms. The van der Waals surface area contributed by atoms with Crippen molar-refractivity contribution in [1.29, 1.82) is 0 Å². The smallest absolute Gasteiger partial charge is 1.00 e. The van der Waals surface area contributed by atoms with E-state index in [-0.39, 0.29) is 24.8 Å². The number of hydrogen-bond donors (Lipinski definition) is 0. The molecule has 0 saturated carbocycles. The van der Waals surface area contributed by atoms with E-state index < -0.39 is 20.4 Å². The molecule has 2 atom stereocenters. The van der Waals surface area contributed by atoms with Gasteiger partial charge in [-0.25, -0.2) is 0 Å². The van der Waals surface area contributed by atoms with Crippen LogP contribution in [0.1, 0.15) is 35.1 Å². The molecule has 0 spiro atoms. The van der Waals surface area contributed by atoms with E-state index in [1.807, 2.05) is 0 Å². The fourth-order valence-electron chi connectivity index (χ4n) is 4.38. The first kappa shape index (κ1) is 22.5.